The van der Waals surface area contributed by atoms with E-state index in [1.807, 2.05) is 30.3 Å². The molecule has 64 valence electrons. The highest BCUT2D eigenvalue weighted by Crippen LogP contribution is 2.08. The summed E-state index contributed by atoms with van der Waals surface area (Å²) in [6, 6.07) is 12.1. The van der Waals surface area contributed by atoms with Crippen LogP contribution >= 0.6 is 0 Å². The Morgan fingerprint density at radius 2 is 2.08 bits per heavy atom. The van der Waals surface area contributed by atoms with Gasteiger partial charge in [-0.3, -0.25) is 0 Å². The molecule has 0 aliphatic rings. The largest absolute Gasteiger partial charge is 0.198 e. The van der Waals surface area contributed by atoms with Crippen LogP contribution in [0.1, 0.15) is 5.56 Å². The van der Waals surface area contributed by atoms with Crippen molar-refractivity contribution in [3.63, 3.8) is 0 Å². The zero-order valence-corrected chi connectivity index (χ0v) is 7.40. The minimum atomic E-state index is -0.111. The molecule has 0 saturated heterocycles. The summed E-state index contributed by atoms with van der Waals surface area (Å²) in [5, 5.41) is 8.77. The topological polar surface area (TPSA) is 23.8 Å². The van der Waals surface area contributed by atoms with E-state index in [-0.39, 0.29) is 5.92 Å². The Balaban J connectivity index is 2.69. The van der Waals surface area contributed by atoms with Gasteiger partial charge >= 0.3 is 0 Å². The summed E-state index contributed by atoms with van der Waals surface area (Å²) < 4.78 is 0. The van der Waals surface area contributed by atoms with Crippen LogP contribution in [0.4, 0.5) is 0 Å². The first kappa shape index (κ1) is 9.32. The number of allylic oxidation sites excluding steroid dienone is 1. The molecule has 0 radical (unpaired) electrons. The average molecular weight is 169 g/mol. The highest BCUT2D eigenvalue weighted by Gasteiger charge is 2.02. The van der Waals surface area contributed by atoms with Crippen LogP contribution in [0, 0.1) is 17.2 Å². The predicted octanol–water partition coefficient (Wildman–Crippen LogP) is 2.71. The molecule has 1 atom stereocenters. The average Bonchev–Trinajstić information content (AvgIpc) is 2.19. The van der Waals surface area contributed by atoms with Gasteiger partial charge < -0.3 is 0 Å². The van der Waals surface area contributed by atoms with Crippen molar-refractivity contribution < 1.29 is 0 Å². The van der Waals surface area contributed by atoms with Crippen molar-refractivity contribution in [3.8, 4) is 6.07 Å². The smallest absolute Gasteiger partial charge is 0.0757 e. The van der Waals surface area contributed by atoms with Crippen LogP contribution < -0.4 is 0 Å². The predicted molar refractivity (Wildman–Crippen MR) is 53.0 cm³/mol. The fourth-order valence-electron chi connectivity index (χ4n) is 1.15. The lowest BCUT2D eigenvalue weighted by molar-refractivity contribution is 0.821. The molecule has 1 unspecified atom stereocenters. The Hall–Kier alpha value is -1.77. The van der Waals surface area contributed by atoms with Crippen LogP contribution in [0.3, 0.4) is 0 Å². The first-order valence-corrected chi connectivity index (χ1v) is 4.16. The zero-order valence-electron chi connectivity index (χ0n) is 7.40. The first-order valence-electron chi connectivity index (χ1n) is 4.16. The molecule has 0 N–H and O–H groups in total. The molecule has 1 heteroatoms. The second-order valence-electron chi connectivity index (χ2n) is 2.80. The Kier molecular flexibility index (Phi) is 3.57. The SMILES string of the molecule is C=C=CC(C#N)Cc1ccccc1. The first-order chi connectivity index (χ1) is 6.36. The molecule has 0 fully saturated rings. The van der Waals surface area contributed by atoms with E-state index in [2.05, 4.69) is 18.4 Å². The molecule has 0 saturated carbocycles. The third-order valence-corrected chi connectivity index (χ3v) is 1.78. The lowest BCUT2D eigenvalue weighted by atomic mass is 10.0. The molecule has 0 heterocycles. The van der Waals surface area contributed by atoms with Gasteiger partial charge in [0, 0.05) is 0 Å². The van der Waals surface area contributed by atoms with E-state index in [1.165, 1.54) is 5.56 Å². The lowest BCUT2D eigenvalue weighted by Crippen LogP contribution is -1.96. The van der Waals surface area contributed by atoms with Crippen molar-refractivity contribution in [1.29, 1.82) is 5.26 Å². The van der Waals surface area contributed by atoms with E-state index in [0.29, 0.717) is 0 Å². The van der Waals surface area contributed by atoms with Gasteiger partial charge in [0.1, 0.15) is 0 Å². The van der Waals surface area contributed by atoms with Crippen molar-refractivity contribution in [2.75, 3.05) is 0 Å². The molecule has 0 aliphatic heterocycles. The summed E-state index contributed by atoms with van der Waals surface area (Å²) in [6.07, 6.45) is 2.44. The van der Waals surface area contributed by atoms with Gasteiger partial charge in [-0.05, 0) is 18.1 Å². The monoisotopic (exact) mass is 169 g/mol. The standard InChI is InChI=1S/C12H11N/c1-2-6-12(10-13)9-11-7-4-3-5-8-11/h3-8,12H,1,9H2. The maximum atomic E-state index is 8.77. The van der Waals surface area contributed by atoms with Crippen molar-refractivity contribution in [2.24, 2.45) is 5.92 Å². The van der Waals surface area contributed by atoms with Gasteiger partial charge in [-0.25, -0.2) is 0 Å². The molecule has 1 nitrogen and oxygen atoms in total. The third kappa shape index (κ3) is 2.99. The second-order valence-corrected chi connectivity index (χ2v) is 2.80. The Bertz CT molecular complexity index is 339. The molecule has 13 heavy (non-hydrogen) atoms. The molecule has 0 amide bonds. The third-order valence-electron chi connectivity index (χ3n) is 1.78. The molecule has 0 bridgehead atoms. The number of nitrogens with zero attached hydrogens (tertiary/aromatic N) is 1. The van der Waals surface area contributed by atoms with Gasteiger partial charge in [-0.2, -0.15) is 5.26 Å². The van der Waals surface area contributed by atoms with Crippen LogP contribution in [0.2, 0.25) is 0 Å². The quantitative estimate of drug-likeness (QED) is 0.638. The van der Waals surface area contributed by atoms with E-state index in [9.17, 15) is 0 Å². The van der Waals surface area contributed by atoms with Crippen molar-refractivity contribution in [3.05, 3.63) is 54.3 Å². The molecule has 0 aliphatic carbocycles. The molecular weight excluding hydrogens is 158 g/mol. The molecule has 1 aromatic carbocycles. The summed E-state index contributed by atoms with van der Waals surface area (Å²) >= 11 is 0. The summed E-state index contributed by atoms with van der Waals surface area (Å²) in [7, 11) is 0. The van der Waals surface area contributed by atoms with Gasteiger partial charge in [0.2, 0.25) is 0 Å². The minimum Gasteiger partial charge on any atom is -0.198 e. The highest BCUT2D eigenvalue weighted by atomic mass is 14.3. The number of hydrogen-bond acceptors (Lipinski definition) is 1. The van der Waals surface area contributed by atoms with Crippen LogP contribution in [-0.4, -0.2) is 0 Å². The highest BCUT2D eigenvalue weighted by molar-refractivity contribution is 5.18. The Morgan fingerprint density at radius 1 is 1.38 bits per heavy atom. The van der Waals surface area contributed by atoms with Crippen LogP contribution in [0.5, 0.6) is 0 Å². The maximum absolute atomic E-state index is 8.77. The van der Waals surface area contributed by atoms with Gasteiger partial charge in [0.25, 0.3) is 0 Å². The van der Waals surface area contributed by atoms with Crippen molar-refractivity contribution >= 4 is 0 Å². The van der Waals surface area contributed by atoms with Gasteiger partial charge in [0.05, 0.1) is 12.0 Å². The Labute approximate surface area is 78.6 Å². The van der Waals surface area contributed by atoms with E-state index < -0.39 is 0 Å². The van der Waals surface area contributed by atoms with Gasteiger partial charge in [-0.1, -0.05) is 36.9 Å². The van der Waals surface area contributed by atoms with E-state index in [0.717, 1.165) is 6.42 Å². The van der Waals surface area contributed by atoms with Crippen molar-refractivity contribution in [2.45, 2.75) is 6.42 Å². The number of rotatable bonds is 3. The normalized spacial score (nSPS) is 11.0. The summed E-state index contributed by atoms with van der Waals surface area (Å²) in [5.41, 5.74) is 3.81. The lowest BCUT2D eigenvalue weighted by Gasteiger charge is -2.01. The molecule has 0 spiro atoms. The summed E-state index contributed by atoms with van der Waals surface area (Å²) in [6.45, 7) is 3.46. The van der Waals surface area contributed by atoms with Gasteiger partial charge in [-0.15, -0.1) is 5.73 Å². The maximum Gasteiger partial charge on any atom is 0.0757 e. The molecular formula is C12H11N. The fraction of sp³-hybridized carbons (Fsp3) is 0.167. The van der Waals surface area contributed by atoms with Crippen LogP contribution in [0.25, 0.3) is 0 Å². The number of hydrogen-bond donors (Lipinski definition) is 0. The van der Waals surface area contributed by atoms with E-state index >= 15 is 0 Å². The summed E-state index contributed by atoms with van der Waals surface area (Å²) in [5.74, 6) is -0.111. The number of nitriles is 1. The van der Waals surface area contributed by atoms with E-state index in [1.54, 1.807) is 6.08 Å². The minimum absolute atomic E-state index is 0.111. The van der Waals surface area contributed by atoms with Crippen molar-refractivity contribution in [1.82, 2.24) is 0 Å². The van der Waals surface area contributed by atoms with Gasteiger partial charge in [0.15, 0.2) is 0 Å². The Morgan fingerprint density at radius 3 is 2.62 bits per heavy atom. The zero-order chi connectivity index (χ0) is 9.52. The molecule has 1 rings (SSSR count). The molecule has 1 aromatic rings. The second kappa shape index (κ2) is 4.98. The van der Waals surface area contributed by atoms with Crippen LogP contribution in [0.15, 0.2) is 48.7 Å². The van der Waals surface area contributed by atoms with E-state index in [4.69, 9.17) is 5.26 Å². The molecule has 0 aromatic heterocycles. The van der Waals surface area contributed by atoms with Crippen LogP contribution in [-0.2, 0) is 6.42 Å². The summed E-state index contributed by atoms with van der Waals surface area (Å²) in [4.78, 5) is 0. The fourth-order valence-corrected chi connectivity index (χ4v) is 1.15. The number of benzene rings is 1.